The Balaban J connectivity index is 1.85. The summed E-state index contributed by atoms with van der Waals surface area (Å²) in [6.45, 7) is 0. The number of anilines is 1. The standard InChI is InChI=1S/C18H18N2O/c1-21-18-8-3-2-7-16(18)20-17(12-19)15-6-4-5-14(11-15)13-9-10-13/h2-8,11,13,17,20H,9-10H2,1H3. The third-order valence-corrected chi connectivity index (χ3v) is 3.83. The van der Waals surface area contributed by atoms with Gasteiger partial charge in [0.25, 0.3) is 0 Å². The molecule has 1 atom stereocenters. The van der Waals surface area contributed by atoms with Gasteiger partial charge in [0.05, 0.1) is 18.9 Å². The molecule has 0 heterocycles. The fourth-order valence-corrected chi connectivity index (χ4v) is 2.52. The quantitative estimate of drug-likeness (QED) is 0.889. The third-order valence-electron chi connectivity index (χ3n) is 3.83. The number of nitrogens with one attached hydrogen (secondary N) is 1. The van der Waals surface area contributed by atoms with Gasteiger partial charge in [-0.15, -0.1) is 0 Å². The lowest BCUT2D eigenvalue weighted by Crippen LogP contribution is -2.09. The molecule has 0 bridgehead atoms. The zero-order chi connectivity index (χ0) is 14.7. The van der Waals surface area contributed by atoms with Gasteiger partial charge in [0, 0.05) is 0 Å². The number of rotatable bonds is 5. The van der Waals surface area contributed by atoms with Crippen molar-refractivity contribution in [1.29, 1.82) is 5.26 Å². The first-order chi connectivity index (χ1) is 10.3. The van der Waals surface area contributed by atoms with E-state index in [0.29, 0.717) is 5.92 Å². The molecule has 1 unspecified atom stereocenters. The molecule has 1 N–H and O–H groups in total. The smallest absolute Gasteiger partial charge is 0.141 e. The summed E-state index contributed by atoms with van der Waals surface area (Å²) in [5, 5.41) is 12.8. The average Bonchev–Trinajstić information content (AvgIpc) is 3.38. The monoisotopic (exact) mass is 278 g/mol. The molecule has 1 saturated carbocycles. The SMILES string of the molecule is COc1ccccc1NC(C#N)c1cccc(C2CC2)c1. The van der Waals surface area contributed by atoms with Crippen molar-refractivity contribution >= 4 is 5.69 Å². The lowest BCUT2D eigenvalue weighted by molar-refractivity contribution is 0.416. The van der Waals surface area contributed by atoms with E-state index >= 15 is 0 Å². The highest BCUT2D eigenvalue weighted by molar-refractivity contribution is 5.58. The molecule has 1 aliphatic rings. The van der Waals surface area contributed by atoms with Gasteiger partial charge in [-0.05, 0) is 42.0 Å². The Labute approximate surface area is 125 Å². The molecule has 2 aromatic rings. The van der Waals surface area contributed by atoms with Crippen LogP contribution in [-0.4, -0.2) is 7.11 Å². The van der Waals surface area contributed by atoms with Gasteiger partial charge >= 0.3 is 0 Å². The molecule has 1 aliphatic carbocycles. The molecule has 0 radical (unpaired) electrons. The van der Waals surface area contributed by atoms with Crippen LogP contribution in [0.15, 0.2) is 48.5 Å². The number of hydrogen-bond donors (Lipinski definition) is 1. The van der Waals surface area contributed by atoms with Crippen molar-refractivity contribution in [3.63, 3.8) is 0 Å². The van der Waals surface area contributed by atoms with Crippen LogP contribution in [0.25, 0.3) is 0 Å². The van der Waals surface area contributed by atoms with Gasteiger partial charge in [0.1, 0.15) is 11.8 Å². The third kappa shape index (κ3) is 3.00. The fraction of sp³-hybridized carbons (Fsp3) is 0.278. The summed E-state index contributed by atoms with van der Waals surface area (Å²) >= 11 is 0. The van der Waals surface area contributed by atoms with Crippen molar-refractivity contribution in [3.8, 4) is 11.8 Å². The van der Waals surface area contributed by atoms with Crippen molar-refractivity contribution < 1.29 is 4.74 Å². The minimum absolute atomic E-state index is 0.375. The number of nitriles is 1. The van der Waals surface area contributed by atoms with E-state index in [0.717, 1.165) is 17.0 Å². The molecule has 0 saturated heterocycles. The molecular formula is C18H18N2O. The average molecular weight is 278 g/mol. The first-order valence-electron chi connectivity index (χ1n) is 7.21. The highest BCUT2D eigenvalue weighted by Gasteiger charge is 2.24. The van der Waals surface area contributed by atoms with Crippen molar-refractivity contribution in [2.45, 2.75) is 24.8 Å². The van der Waals surface area contributed by atoms with E-state index in [-0.39, 0.29) is 6.04 Å². The Kier molecular flexibility index (Phi) is 3.79. The molecule has 3 nitrogen and oxygen atoms in total. The van der Waals surface area contributed by atoms with Crippen LogP contribution < -0.4 is 10.1 Å². The van der Waals surface area contributed by atoms with Crippen LogP contribution in [0.3, 0.4) is 0 Å². The largest absolute Gasteiger partial charge is 0.495 e. The minimum Gasteiger partial charge on any atom is -0.495 e. The van der Waals surface area contributed by atoms with E-state index in [1.165, 1.54) is 18.4 Å². The molecule has 2 aromatic carbocycles. The summed E-state index contributed by atoms with van der Waals surface area (Å²) < 4.78 is 5.33. The van der Waals surface area contributed by atoms with Crippen LogP contribution >= 0.6 is 0 Å². The molecule has 1 fully saturated rings. The topological polar surface area (TPSA) is 45.0 Å². The number of methoxy groups -OCH3 is 1. The summed E-state index contributed by atoms with van der Waals surface area (Å²) in [5.74, 6) is 1.44. The highest BCUT2D eigenvalue weighted by atomic mass is 16.5. The molecule has 0 spiro atoms. The second kappa shape index (κ2) is 5.88. The number of ether oxygens (including phenoxy) is 1. The predicted molar refractivity (Wildman–Crippen MR) is 83.4 cm³/mol. The number of para-hydroxylation sites is 2. The molecular weight excluding hydrogens is 260 g/mol. The van der Waals surface area contributed by atoms with Gasteiger partial charge in [-0.1, -0.05) is 36.4 Å². The summed E-state index contributed by atoms with van der Waals surface area (Å²) in [7, 11) is 1.63. The van der Waals surface area contributed by atoms with E-state index < -0.39 is 0 Å². The van der Waals surface area contributed by atoms with Crippen LogP contribution in [0.1, 0.15) is 35.9 Å². The molecule has 0 amide bonds. The van der Waals surface area contributed by atoms with Gasteiger partial charge < -0.3 is 10.1 Å². The summed E-state index contributed by atoms with van der Waals surface area (Å²) in [5.41, 5.74) is 3.19. The maximum absolute atomic E-state index is 9.50. The minimum atomic E-state index is -0.375. The summed E-state index contributed by atoms with van der Waals surface area (Å²) in [4.78, 5) is 0. The first-order valence-corrected chi connectivity index (χ1v) is 7.21. The summed E-state index contributed by atoms with van der Waals surface area (Å²) in [6, 6.07) is 18.0. The van der Waals surface area contributed by atoms with Gasteiger partial charge in [-0.25, -0.2) is 0 Å². The first kappa shape index (κ1) is 13.5. The van der Waals surface area contributed by atoms with Crippen molar-refractivity contribution in [1.82, 2.24) is 0 Å². The lowest BCUT2D eigenvalue weighted by atomic mass is 10.0. The van der Waals surface area contributed by atoms with Crippen molar-refractivity contribution in [3.05, 3.63) is 59.7 Å². The second-order valence-electron chi connectivity index (χ2n) is 5.35. The van der Waals surface area contributed by atoms with E-state index in [4.69, 9.17) is 4.74 Å². The van der Waals surface area contributed by atoms with Gasteiger partial charge in [-0.3, -0.25) is 0 Å². The van der Waals surface area contributed by atoms with Crippen molar-refractivity contribution in [2.24, 2.45) is 0 Å². The predicted octanol–water partition coefficient (Wildman–Crippen LogP) is 4.25. The molecule has 3 rings (SSSR count). The lowest BCUT2D eigenvalue weighted by Gasteiger charge is -2.16. The maximum Gasteiger partial charge on any atom is 0.141 e. The molecule has 3 heteroatoms. The maximum atomic E-state index is 9.50. The second-order valence-corrected chi connectivity index (χ2v) is 5.35. The van der Waals surface area contributed by atoms with Crippen LogP contribution in [0.4, 0.5) is 5.69 Å². The van der Waals surface area contributed by atoms with Gasteiger partial charge in [-0.2, -0.15) is 5.26 Å². The molecule has 21 heavy (non-hydrogen) atoms. The molecule has 0 aliphatic heterocycles. The number of hydrogen-bond acceptors (Lipinski definition) is 3. The van der Waals surface area contributed by atoms with E-state index in [9.17, 15) is 5.26 Å². The Hall–Kier alpha value is -2.47. The fourth-order valence-electron chi connectivity index (χ4n) is 2.52. The van der Waals surface area contributed by atoms with Gasteiger partial charge in [0.2, 0.25) is 0 Å². The van der Waals surface area contributed by atoms with Crippen molar-refractivity contribution in [2.75, 3.05) is 12.4 Å². The Morgan fingerprint density at radius 3 is 2.71 bits per heavy atom. The number of nitrogens with zero attached hydrogens (tertiary/aromatic N) is 1. The van der Waals surface area contributed by atoms with Crippen LogP contribution in [-0.2, 0) is 0 Å². The Bertz CT molecular complexity index is 671. The van der Waals surface area contributed by atoms with Crippen LogP contribution in [0.2, 0.25) is 0 Å². The van der Waals surface area contributed by atoms with Crippen LogP contribution in [0, 0.1) is 11.3 Å². The summed E-state index contributed by atoms with van der Waals surface area (Å²) in [6.07, 6.45) is 2.53. The van der Waals surface area contributed by atoms with E-state index in [2.05, 4.69) is 23.5 Å². The Morgan fingerprint density at radius 1 is 1.19 bits per heavy atom. The molecule has 0 aromatic heterocycles. The zero-order valence-corrected chi connectivity index (χ0v) is 12.0. The highest BCUT2D eigenvalue weighted by Crippen LogP contribution is 2.40. The number of benzene rings is 2. The van der Waals surface area contributed by atoms with Crippen LogP contribution in [0.5, 0.6) is 5.75 Å². The zero-order valence-electron chi connectivity index (χ0n) is 12.0. The normalized spacial score (nSPS) is 15.0. The molecule has 106 valence electrons. The van der Waals surface area contributed by atoms with E-state index in [1.807, 2.05) is 36.4 Å². The van der Waals surface area contributed by atoms with E-state index in [1.54, 1.807) is 7.11 Å². The Morgan fingerprint density at radius 2 is 2.00 bits per heavy atom. The van der Waals surface area contributed by atoms with Gasteiger partial charge in [0.15, 0.2) is 0 Å².